The summed E-state index contributed by atoms with van der Waals surface area (Å²) in [5.41, 5.74) is 3.81. The molecule has 1 aliphatic rings. The summed E-state index contributed by atoms with van der Waals surface area (Å²) >= 11 is 0. The maximum Gasteiger partial charge on any atom is 0.358 e. The third-order valence-electron chi connectivity index (χ3n) is 4.96. The normalized spacial score (nSPS) is 11.8. The molecule has 3 heterocycles. The molecule has 8 nitrogen and oxygen atoms in total. The maximum absolute atomic E-state index is 12.5. The first-order chi connectivity index (χ1) is 14.7. The Morgan fingerprint density at radius 3 is 2.77 bits per heavy atom. The van der Waals surface area contributed by atoms with Crippen LogP contribution in [0.5, 0.6) is 11.8 Å². The van der Waals surface area contributed by atoms with Crippen molar-refractivity contribution in [1.82, 2.24) is 24.3 Å². The molecule has 0 saturated heterocycles. The summed E-state index contributed by atoms with van der Waals surface area (Å²) in [6, 6.07) is 15.8. The SMILES string of the molecule is CCOC(=O)c1ncn2c1Cn1c(Oc3ccccc3)nnc1-c1cc(C)ccc1-2. The lowest BCUT2D eigenvalue weighted by atomic mass is 10.1. The molecule has 0 bridgehead atoms. The average Bonchev–Trinajstić information content (AvgIpc) is 3.31. The molecule has 0 atom stereocenters. The van der Waals surface area contributed by atoms with E-state index in [1.54, 1.807) is 13.3 Å². The Kier molecular flexibility index (Phi) is 4.31. The van der Waals surface area contributed by atoms with Gasteiger partial charge in [-0.1, -0.05) is 34.9 Å². The lowest BCUT2D eigenvalue weighted by molar-refractivity contribution is 0.0518. The summed E-state index contributed by atoms with van der Waals surface area (Å²) in [6.07, 6.45) is 1.65. The van der Waals surface area contributed by atoms with Gasteiger partial charge in [0.15, 0.2) is 11.5 Å². The van der Waals surface area contributed by atoms with Crippen molar-refractivity contribution in [2.24, 2.45) is 0 Å². The van der Waals surface area contributed by atoms with Gasteiger partial charge >= 0.3 is 12.0 Å². The van der Waals surface area contributed by atoms with E-state index in [9.17, 15) is 4.79 Å². The zero-order valence-electron chi connectivity index (χ0n) is 16.6. The summed E-state index contributed by atoms with van der Waals surface area (Å²) in [7, 11) is 0. The molecule has 30 heavy (non-hydrogen) atoms. The topological polar surface area (TPSA) is 84.1 Å². The van der Waals surface area contributed by atoms with E-state index in [0.717, 1.165) is 16.8 Å². The van der Waals surface area contributed by atoms with E-state index in [0.29, 0.717) is 29.8 Å². The summed E-state index contributed by atoms with van der Waals surface area (Å²) in [5, 5.41) is 8.68. The van der Waals surface area contributed by atoms with E-state index < -0.39 is 5.97 Å². The molecule has 150 valence electrons. The lowest BCUT2D eigenvalue weighted by Gasteiger charge is -2.10. The monoisotopic (exact) mass is 401 g/mol. The molecule has 2 aromatic carbocycles. The van der Waals surface area contributed by atoms with E-state index in [-0.39, 0.29) is 12.3 Å². The number of hydrogen-bond acceptors (Lipinski definition) is 6. The Labute approximate surface area is 172 Å². The van der Waals surface area contributed by atoms with Crippen molar-refractivity contribution in [3.8, 4) is 28.8 Å². The van der Waals surface area contributed by atoms with Crippen LogP contribution in [0.3, 0.4) is 0 Å². The third-order valence-corrected chi connectivity index (χ3v) is 4.96. The van der Waals surface area contributed by atoms with Crippen LogP contribution in [0.1, 0.15) is 28.7 Å². The molecule has 0 aliphatic carbocycles. The van der Waals surface area contributed by atoms with Crippen LogP contribution >= 0.6 is 0 Å². The number of benzene rings is 2. The Bertz CT molecular complexity index is 1240. The van der Waals surface area contributed by atoms with Crippen molar-refractivity contribution in [1.29, 1.82) is 0 Å². The molecule has 0 spiro atoms. The van der Waals surface area contributed by atoms with Crippen molar-refractivity contribution >= 4 is 5.97 Å². The van der Waals surface area contributed by atoms with Crippen molar-refractivity contribution in [3.05, 3.63) is 71.8 Å². The van der Waals surface area contributed by atoms with E-state index in [1.807, 2.05) is 64.6 Å². The number of rotatable bonds is 4. The molecule has 4 aromatic rings. The highest BCUT2D eigenvalue weighted by Gasteiger charge is 2.29. The molecule has 5 rings (SSSR count). The van der Waals surface area contributed by atoms with Crippen molar-refractivity contribution < 1.29 is 14.3 Å². The fraction of sp³-hybridized carbons (Fsp3) is 0.182. The van der Waals surface area contributed by atoms with Gasteiger partial charge in [-0.3, -0.25) is 9.13 Å². The Morgan fingerprint density at radius 1 is 1.13 bits per heavy atom. The number of nitrogens with zero attached hydrogens (tertiary/aromatic N) is 5. The molecule has 1 aliphatic heterocycles. The number of carbonyl (C=O) groups is 1. The minimum Gasteiger partial charge on any atom is -0.461 e. The van der Waals surface area contributed by atoms with Gasteiger partial charge in [0.25, 0.3) is 0 Å². The number of carbonyl (C=O) groups excluding carboxylic acids is 1. The second-order valence-corrected chi connectivity index (χ2v) is 6.96. The minimum absolute atomic E-state index is 0.274. The summed E-state index contributed by atoms with van der Waals surface area (Å²) in [4.78, 5) is 16.9. The minimum atomic E-state index is -0.457. The van der Waals surface area contributed by atoms with Crippen LogP contribution in [0.25, 0.3) is 17.1 Å². The molecule has 0 amide bonds. The molecule has 0 fully saturated rings. The first-order valence-electron chi connectivity index (χ1n) is 9.66. The van der Waals surface area contributed by atoms with Gasteiger partial charge in [-0.15, -0.1) is 5.10 Å². The molecule has 2 aromatic heterocycles. The van der Waals surface area contributed by atoms with Crippen LogP contribution in [0.15, 0.2) is 54.9 Å². The molecule has 8 heteroatoms. The van der Waals surface area contributed by atoms with E-state index in [2.05, 4.69) is 15.2 Å². The fourth-order valence-electron chi connectivity index (χ4n) is 3.59. The van der Waals surface area contributed by atoms with Gasteiger partial charge in [-0.25, -0.2) is 9.78 Å². The van der Waals surface area contributed by atoms with Crippen LogP contribution in [-0.2, 0) is 11.3 Å². The predicted octanol–water partition coefficient (Wildman–Crippen LogP) is 3.77. The van der Waals surface area contributed by atoms with Crippen molar-refractivity contribution in [2.45, 2.75) is 20.4 Å². The van der Waals surface area contributed by atoms with Gasteiger partial charge in [-0.05, 0) is 38.1 Å². The lowest BCUT2D eigenvalue weighted by Crippen LogP contribution is -2.12. The molecule has 0 N–H and O–H groups in total. The number of hydrogen-bond donors (Lipinski definition) is 0. The van der Waals surface area contributed by atoms with Gasteiger partial charge in [0, 0.05) is 5.56 Å². The Hall–Kier alpha value is -3.94. The predicted molar refractivity (Wildman–Crippen MR) is 109 cm³/mol. The van der Waals surface area contributed by atoms with Gasteiger partial charge in [-0.2, -0.15) is 0 Å². The van der Waals surface area contributed by atoms with Gasteiger partial charge in [0.1, 0.15) is 12.1 Å². The van der Waals surface area contributed by atoms with Gasteiger partial charge < -0.3 is 9.47 Å². The molecular formula is C22H19N5O3. The van der Waals surface area contributed by atoms with E-state index in [1.165, 1.54) is 0 Å². The summed E-state index contributed by atoms with van der Waals surface area (Å²) in [5.74, 6) is 0.862. The smallest absolute Gasteiger partial charge is 0.358 e. The number of para-hydroxylation sites is 1. The Balaban J connectivity index is 1.69. The molecule has 0 unspecified atom stereocenters. The summed E-state index contributed by atoms with van der Waals surface area (Å²) in [6.45, 7) is 4.38. The van der Waals surface area contributed by atoms with Crippen LogP contribution in [0.4, 0.5) is 0 Å². The van der Waals surface area contributed by atoms with E-state index in [4.69, 9.17) is 9.47 Å². The average molecular weight is 401 g/mol. The Morgan fingerprint density at radius 2 is 1.97 bits per heavy atom. The summed E-state index contributed by atoms with van der Waals surface area (Å²) < 4.78 is 15.0. The van der Waals surface area contributed by atoms with Crippen LogP contribution < -0.4 is 4.74 Å². The number of aromatic nitrogens is 5. The second-order valence-electron chi connectivity index (χ2n) is 6.96. The van der Waals surface area contributed by atoms with Crippen molar-refractivity contribution in [3.63, 3.8) is 0 Å². The number of fused-ring (bicyclic) bond motifs is 5. The highest BCUT2D eigenvalue weighted by Crippen LogP contribution is 2.35. The number of aryl methyl sites for hydroxylation is 1. The van der Waals surface area contributed by atoms with Crippen LogP contribution in [0.2, 0.25) is 0 Å². The zero-order valence-corrected chi connectivity index (χ0v) is 16.6. The highest BCUT2D eigenvalue weighted by molar-refractivity contribution is 5.89. The number of imidazole rings is 1. The first-order valence-corrected chi connectivity index (χ1v) is 9.66. The number of esters is 1. The zero-order chi connectivity index (χ0) is 20.7. The number of ether oxygens (including phenoxy) is 2. The quantitative estimate of drug-likeness (QED) is 0.426. The second kappa shape index (κ2) is 7.14. The van der Waals surface area contributed by atoms with Crippen LogP contribution in [-0.4, -0.2) is 36.9 Å². The standard InChI is InChI=1S/C22H19N5O3/c1-3-29-21(28)19-18-12-26-20(24-25-22(26)30-15-7-5-4-6-8-15)16-11-14(2)9-10-17(16)27(18)13-23-19/h4-11,13H,3,12H2,1-2H3. The fourth-order valence-corrected chi connectivity index (χ4v) is 3.59. The maximum atomic E-state index is 12.5. The molecular weight excluding hydrogens is 382 g/mol. The van der Waals surface area contributed by atoms with Gasteiger partial charge in [0.05, 0.1) is 24.5 Å². The van der Waals surface area contributed by atoms with Gasteiger partial charge in [0.2, 0.25) is 0 Å². The highest BCUT2D eigenvalue weighted by atomic mass is 16.5. The van der Waals surface area contributed by atoms with E-state index >= 15 is 0 Å². The van der Waals surface area contributed by atoms with Crippen LogP contribution in [0, 0.1) is 6.92 Å². The molecule has 0 saturated carbocycles. The molecule has 0 radical (unpaired) electrons. The largest absolute Gasteiger partial charge is 0.461 e. The first kappa shape index (κ1) is 18.1. The van der Waals surface area contributed by atoms with Crippen molar-refractivity contribution in [2.75, 3.05) is 6.61 Å². The third kappa shape index (κ3) is 2.93.